The topological polar surface area (TPSA) is 46.6 Å². The van der Waals surface area contributed by atoms with Gasteiger partial charge in [0.25, 0.3) is 0 Å². The second-order valence-corrected chi connectivity index (χ2v) is 9.18. The lowest BCUT2D eigenvalue weighted by molar-refractivity contribution is 0.103. The molecule has 0 aliphatic carbocycles. The number of aromatic nitrogens is 1. The SMILES string of the molecule is Cc1ccc(COCCC2CCN(c3cncc(OCC4CCCN4)c3)CC2)c(C)c1. The van der Waals surface area contributed by atoms with Gasteiger partial charge in [-0.05, 0) is 69.5 Å². The molecule has 1 unspecified atom stereocenters. The smallest absolute Gasteiger partial charge is 0.139 e. The molecule has 4 rings (SSSR count). The summed E-state index contributed by atoms with van der Waals surface area (Å²) in [6, 6.07) is 9.22. The molecule has 2 fully saturated rings. The molecule has 31 heavy (non-hydrogen) atoms. The van der Waals surface area contributed by atoms with Crippen molar-refractivity contribution in [1.82, 2.24) is 10.3 Å². The van der Waals surface area contributed by atoms with Gasteiger partial charge < -0.3 is 19.7 Å². The molecule has 5 nitrogen and oxygen atoms in total. The molecule has 168 valence electrons. The maximum atomic E-state index is 5.99. The van der Waals surface area contributed by atoms with Crippen LogP contribution in [0, 0.1) is 19.8 Å². The van der Waals surface area contributed by atoms with Crippen LogP contribution in [0.3, 0.4) is 0 Å². The van der Waals surface area contributed by atoms with Crippen LogP contribution >= 0.6 is 0 Å². The summed E-state index contributed by atoms with van der Waals surface area (Å²) in [6.07, 6.45) is 9.82. The fourth-order valence-electron chi connectivity index (χ4n) is 4.67. The van der Waals surface area contributed by atoms with Crippen LogP contribution < -0.4 is 15.0 Å². The van der Waals surface area contributed by atoms with Gasteiger partial charge in [0.05, 0.1) is 24.7 Å². The van der Waals surface area contributed by atoms with Gasteiger partial charge in [-0.25, -0.2) is 0 Å². The Labute approximate surface area is 187 Å². The monoisotopic (exact) mass is 423 g/mol. The van der Waals surface area contributed by atoms with Crippen LogP contribution in [0.15, 0.2) is 36.7 Å². The van der Waals surface area contributed by atoms with E-state index in [1.54, 1.807) is 0 Å². The number of rotatable bonds is 9. The zero-order chi connectivity index (χ0) is 21.5. The summed E-state index contributed by atoms with van der Waals surface area (Å²) in [5.74, 6) is 1.63. The highest BCUT2D eigenvalue weighted by Crippen LogP contribution is 2.27. The van der Waals surface area contributed by atoms with Crippen molar-refractivity contribution < 1.29 is 9.47 Å². The predicted octanol–water partition coefficient (Wildman–Crippen LogP) is 4.65. The molecule has 2 aliphatic rings. The average molecular weight is 424 g/mol. The van der Waals surface area contributed by atoms with Crippen LogP contribution in [-0.4, -0.2) is 43.9 Å². The molecule has 5 heteroatoms. The Morgan fingerprint density at radius 1 is 1.10 bits per heavy atom. The van der Waals surface area contributed by atoms with Gasteiger partial charge in [0, 0.05) is 31.8 Å². The van der Waals surface area contributed by atoms with Crippen molar-refractivity contribution in [2.45, 2.75) is 58.6 Å². The highest BCUT2D eigenvalue weighted by Gasteiger charge is 2.20. The van der Waals surface area contributed by atoms with E-state index in [1.807, 2.05) is 12.4 Å². The Bertz CT molecular complexity index is 827. The fourth-order valence-corrected chi connectivity index (χ4v) is 4.67. The van der Waals surface area contributed by atoms with Crippen molar-refractivity contribution in [3.8, 4) is 5.75 Å². The van der Waals surface area contributed by atoms with E-state index < -0.39 is 0 Å². The van der Waals surface area contributed by atoms with Gasteiger partial charge in [-0.2, -0.15) is 0 Å². The van der Waals surface area contributed by atoms with E-state index in [4.69, 9.17) is 9.47 Å². The summed E-state index contributed by atoms with van der Waals surface area (Å²) in [7, 11) is 0. The Balaban J connectivity index is 1.17. The summed E-state index contributed by atoms with van der Waals surface area (Å²) in [5.41, 5.74) is 5.12. The first-order valence-corrected chi connectivity index (χ1v) is 11.9. The molecule has 1 aromatic heterocycles. The summed E-state index contributed by atoms with van der Waals surface area (Å²) in [4.78, 5) is 6.86. The molecule has 1 aromatic carbocycles. The third kappa shape index (κ3) is 6.44. The molecular formula is C26H37N3O2. The summed E-state index contributed by atoms with van der Waals surface area (Å²) >= 11 is 0. The Morgan fingerprint density at radius 3 is 2.74 bits per heavy atom. The van der Waals surface area contributed by atoms with Crippen molar-refractivity contribution in [3.63, 3.8) is 0 Å². The molecule has 0 spiro atoms. The third-order valence-corrected chi connectivity index (χ3v) is 6.72. The van der Waals surface area contributed by atoms with E-state index >= 15 is 0 Å². The van der Waals surface area contributed by atoms with E-state index in [0.717, 1.165) is 57.5 Å². The zero-order valence-electron chi connectivity index (χ0n) is 19.1. The maximum Gasteiger partial charge on any atom is 0.139 e. The van der Waals surface area contributed by atoms with Gasteiger partial charge in [0.1, 0.15) is 12.4 Å². The fraction of sp³-hybridized carbons (Fsp3) is 0.577. The maximum absolute atomic E-state index is 5.99. The molecule has 1 N–H and O–H groups in total. The quantitative estimate of drug-likeness (QED) is 0.595. The summed E-state index contributed by atoms with van der Waals surface area (Å²) in [6.45, 7) is 9.87. The number of benzene rings is 1. The molecule has 0 amide bonds. The molecule has 0 saturated carbocycles. The molecule has 0 bridgehead atoms. The number of nitrogens with one attached hydrogen (secondary N) is 1. The van der Waals surface area contributed by atoms with Crippen LogP contribution in [0.5, 0.6) is 5.75 Å². The molecule has 3 heterocycles. The lowest BCUT2D eigenvalue weighted by Gasteiger charge is -2.33. The first-order chi connectivity index (χ1) is 15.2. The minimum Gasteiger partial charge on any atom is -0.490 e. The molecule has 2 aromatic rings. The second kappa shape index (κ2) is 11.0. The predicted molar refractivity (Wildman–Crippen MR) is 126 cm³/mol. The molecule has 2 aliphatic heterocycles. The van der Waals surface area contributed by atoms with E-state index in [-0.39, 0.29) is 0 Å². The Hall–Kier alpha value is -2.11. The second-order valence-electron chi connectivity index (χ2n) is 9.18. The number of hydrogen-bond donors (Lipinski definition) is 1. The number of nitrogens with zero attached hydrogens (tertiary/aromatic N) is 2. The van der Waals surface area contributed by atoms with E-state index in [0.29, 0.717) is 6.04 Å². The Kier molecular flexibility index (Phi) is 7.81. The largest absolute Gasteiger partial charge is 0.490 e. The highest BCUT2D eigenvalue weighted by atomic mass is 16.5. The van der Waals surface area contributed by atoms with Crippen LogP contribution in [0.4, 0.5) is 5.69 Å². The average Bonchev–Trinajstić information content (AvgIpc) is 3.31. The minimum atomic E-state index is 0.483. The number of hydrogen-bond acceptors (Lipinski definition) is 5. The zero-order valence-corrected chi connectivity index (χ0v) is 19.1. The highest BCUT2D eigenvalue weighted by molar-refractivity contribution is 5.48. The third-order valence-electron chi connectivity index (χ3n) is 6.72. The summed E-state index contributed by atoms with van der Waals surface area (Å²) in [5, 5.41) is 3.48. The van der Waals surface area contributed by atoms with Crippen LogP contribution in [0.25, 0.3) is 0 Å². The number of piperidine rings is 1. The van der Waals surface area contributed by atoms with Gasteiger partial charge in [0.2, 0.25) is 0 Å². The van der Waals surface area contributed by atoms with E-state index in [1.165, 1.54) is 48.1 Å². The van der Waals surface area contributed by atoms with Crippen molar-refractivity contribution in [3.05, 3.63) is 53.3 Å². The van der Waals surface area contributed by atoms with Crippen molar-refractivity contribution in [2.24, 2.45) is 5.92 Å². The number of aryl methyl sites for hydroxylation is 2. The molecule has 2 saturated heterocycles. The number of pyridine rings is 1. The van der Waals surface area contributed by atoms with Gasteiger partial charge in [-0.1, -0.05) is 23.8 Å². The number of ether oxygens (including phenoxy) is 2. The van der Waals surface area contributed by atoms with Crippen LogP contribution in [0.2, 0.25) is 0 Å². The number of anilines is 1. The first kappa shape index (κ1) is 22.1. The van der Waals surface area contributed by atoms with Crippen LogP contribution in [0.1, 0.15) is 48.8 Å². The van der Waals surface area contributed by atoms with Gasteiger partial charge in [-0.15, -0.1) is 0 Å². The lowest BCUT2D eigenvalue weighted by atomic mass is 9.93. The van der Waals surface area contributed by atoms with Crippen molar-refractivity contribution in [1.29, 1.82) is 0 Å². The molecule has 1 atom stereocenters. The molecular weight excluding hydrogens is 386 g/mol. The van der Waals surface area contributed by atoms with Crippen molar-refractivity contribution in [2.75, 3.05) is 37.7 Å². The van der Waals surface area contributed by atoms with Crippen LogP contribution in [-0.2, 0) is 11.3 Å². The van der Waals surface area contributed by atoms with E-state index in [2.05, 4.69) is 53.3 Å². The van der Waals surface area contributed by atoms with Gasteiger partial charge in [-0.3, -0.25) is 4.98 Å². The molecule has 0 radical (unpaired) electrons. The normalized spacial score (nSPS) is 19.7. The minimum absolute atomic E-state index is 0.483. The van der Waals surface area contributed by atoms with Crippen molar-refractivity contribution >= 4 is 5.69 Å². The standard InChI is InChI=1S/C26H37N3O2/c1-20-5-6-23(21(2)14-20)18-30-13-9-22-7-11-29(12-8-22)25-15-26(17-27-16-25)31-19-24-4-3-10-28-24/h5-6,14-17,22,24,28H,3-4,7-13,18-19H2,1-2H3. The van der Waals surface area contributed by atoms with E-state index in [9.17, 15) is 0 Å². The summed E-state index contributed by atoms with van der Waals surface area (Å²) < 4.78 is 12.0. The van der Waals surface area contributed by atoms with Gasteiger partial charge in [0.15, 0.2) is 0 Å². The van der Waals surface area contributed by atoms with Gasteiger partial charge >= 0.3 is 0 Å². The lowest BCUT2D eigenvalue weighted by Crippen LogP contribution is -2.34. The Morgan fingerprint density at radius 2 is 1.97 bits per heavy atom. The first-order valence-electron chi connectivity index (χ1n) is 11.9.